The third-order valence-corrected chi connectivity index (χ3v) is 3.84. The Morgan fingerprint density at radius 3 is 2.60 bits per heavy atom. The first-order valence-corrected chi connectivity index (χ1v) is 6.98. The molecule has 0 N–H and O–H groups in total. The lowest BCUT2D eigenvalue weighted by Gasteiger charge is -2.32. The molecule has 1 amide bonds. The molecule has 0 aromatic heterocycles. The zero-order valence-electron chi connectivity index (χ0n) is 11.8. The van der Waals surface area contributed by atoms with E-state index in [0.717, 1.165) is 38.1 Å². The number of carbonyl (C=O) groups excluding carboxylic acids is 1. The smallest absolute Gasteiger partial charge is 0.244 e. The summed E-state index contributed by atoms with van der Waals surface area (Å²) in [6.45, 7) is 2.19. The Labute approximate surface area is 120 Å². The highest BCUT2D eigenvalue weighted by Gasteiger charge is 2.29. The van der Waals surface area contributed by atoms with E-state index in [2.05, 4.69) is 6.07 Å². The molecule has 1 saturated heterocycles. The van der Waals surface area contributed by atoms with Gasteiger partial charge in [0.2, 0.25) is 5.91 Å². The summed E-state index contributed by atoms with van der Waals surface area (Å²) in [4.78, 5) is 14.3. The molecule has 0 aliphatic carbocycles. The van der Waals surface area contributed by atoms with Crippen LogP contribution in [0.15, 0.2) is 30.3 Å². The van der Waals surface area contributed by atoms with E-state index in [1.54, 1.807) is 7.11 Å². The van der Waals surface area contributed by atoms with Gasteiger partial charge in [-0.25, -0.2) is 0 Å². The van der Waals surface area contributed by atoms with Crippen molar-refractivity contribution in [3.05, 3.63) is 35.9 Å². The van der Waals surface area contributed by atoms with Crippen LogP contribution in [0.5, 0.6) is 0 Å². The maximum atomic E-state index is 12.5. The van der Waals surface area contributed by atoms with E-state index in [4.69, 9.17) is 4.74 Å². The number of hydrogen-bond donors (Lipinski definition) is 0. The van der Waals surface area contributed by atoms with Crippen molar-refractivity contribution in [2.75, 3.05) is 26.8 Å². The minimum absolute atomic E-state index is 0.0745. The summed E-state index contributed by atoms with van der Waals surface area (Å²) in [6, 6.07) is 11.4. The molecule has 0 saturated carbocycles. The third kappa shape index (κ3) is 3.37. The van der Waals surface area contributed by atoms with E-state index in [1.165, 1.54) is 0 Å². The molecule has 20 heavy (non-hydrogen) atoms. The van der Waals surface area contributed by atoms with Gasteiger partial charge in [0.25, 0.3) is 0 Å². The van der Waals surface area contributed by atoms with Gasteiger partial charge in [-0.05, 0) is 24.3 Å². The Balaban J connectivity index is 1.99. The van der Waals surface area contributed by atoms with Gasteiger partial charge in [0.15, 0.2) is 0 Å². The average molecular weight is 272 g/mol. The van der Waals surface area contributed by atoms with Crippen LogP contribution in [0.25, 0.3) is 0 Å². The first kappa shape index (κ1) is 14.5. The maximum absolute atomic E-state index is 12.5. The Kier molecular flexibility index (Phi) is 5.14. The molecule has 106 valence electrons. The Morgan fingerprint density at radius 1 is 1.40 bits per heavy atom. The van der Waals surface area contributed by atoms with Crippen molar-refractivity contribution >= 4 is 5.91 Å². The highest BCUT2D eigenvalue weighted by atomic mass is 16.5. The molecule has 4 nitrogen and oxygen atoms in total. The fourth-order valence-corrected chi connectivity index (χ4v) is 2.66. The highest BCUT2D eigenvalue weighted by molar-refractivity contribution is 5.86. The zero-order chi connectivity index (χ0) is 14.4. The second-order valence-corrected chi connectivity index (χ2v) is 5.20. The molecule has 1 aromatic rings. The minimum Gasteiger partial charge on any atom is -0.384 e. The number of ether oxygens (including phenoxy) is 1. The van der Waals surface area contributed by atoms with E-state index in [1.807, 2.05) is 35.2 Å². The summed E-state index contributed by atoms with van der Waals surface area (Å²) in [6.07, 6.45) is 1.90. The van der Waals surface area contributed by atoms with E-state index in [-0.39, 0.29) is 5.91 Å². The van der Waals surface area contributed by atoms with Crippen LogP contribution >= 0.6 is 0 Å². The largest absolute Gasteiger partial charge is 0.384 e. The van der Waals surface area contributed by atoms with Gasteiger partial charge >= 0.3 is 0 Å². The zero-order valence-corrected chi connectivity index (χ0v) is 11.8. The third-order valence-electron chi connectivity index (χ3n) is 3.84. The molecule has 1 aliphatic heterocycles. The lowest BCUT2D eigenvalue weighted by molar-refractivity contribution is -0.133. The van der Waals surface area contributed by atoms with Gasteiger partial charge in [-0.3, -0.25) is 4.79 Å². The monoisotopic (exact) mass is 272 g/mol. The number of benzene rings is 1. The van der Waals surface area contributed by atoms with Crippen LogP contribution in [0, 0.1) is 17.2 Å². The van der Waals surface area contributed by atoms with E-state index in [9.17, 15) is 10.1 Å². The Hall–Kier alpha value is -1.86. The van der Waals surface area contributed by atoms with E-state index in [0.29, 0.717) is 5.92 Å². The number of methoxy groups -OCH3 is 1. The van der Waals surface area contributed by atoms with Gasteiger partial charge in [0, 0.05) is 26.8 Å². The van der Waals surface area contributed by atoms with Crippen LogP contribution in [0.3, 0.4) is 0 Å². The predicted octanol–water partition coefficient (Wildman–Crippen LogP) is 2.18. The number of carbonyl (C=O) groups is 1. The van der Waals surface area contributed by atoms with Gasteiger partial charge in [0.05, 0.1) is 6.07 Å². The van der Waals surface area contributed by atoms with Gasteiger partial charge < -0.3 is 9.64 Å². The Bertz CT molecular complexity index is 473. The molecule has 1 aromatic carbocycles. The molecule has 0 bridgehead atoms. The number of likely N-dealkylation sites (tertiary alicyclic amines) is 1. The summed E-state index contributed by atoms with van der Waals surface area (Å²) in [5, 5.41) is 9.30. The van der Waals surface area contributed by atoms with Gasteiger partial charge in [-0.15, -0.1) is 0 Å². The summed E-state index contributed by atoms with van der Waals surface area (Å²) < 4.78 is 5.16. The van der Waals surface area contributed by atoms with Crippen molar-refractivity contribution in [1.82, 2.24) is 4.90 Å². The first-order chi connectivity index (χ1) is 9.76. The van der Waals surface area contributed by atoms with Crippen LogP contribution < -0.4 is 0 Å². The second kappa shape index (κ2) is 7.06. The fraction of sp³-hybridized carbons (Fsp3) is 0.500. The molecule has 1 aliphatic rings. The molecule has 0 radical (unpaired) electrons. The standard InChI is InChI=1S/C16H20N2O2/c1-20-12-13-7-9-18(10-8-13)16(19)15(11-17)14-5-3-2-4-6-14/h2-6,13,15H,7-10,12H2,1H3. The Morgan fingerprint density at radius 2 is 2.05 bits per heavy atom. The lowest BCUT2D eigenvalue weighted by Crippen LogP contribution is -2.41. The second-order valence-electron chi connectivity index (χ2n) is 5.20. The van der Waals surface area contributed by atoms with Crippen LogP contribution in [0.4, 0.5) is 0 Å². The van der Waals surface area contributed by atoms with Crippen LogP contribution in [0.2, 0.25) is 0 Å². The van der Waals surface area contributed by atoms with Gasteiger partial charge in [-0.2, -0.15) is 5.26 Å². The molecule has 1 fully saturated rings. The first-order valence-electron chi connectivity index (χ1n) is 6.98. The molecule has 1 atom stereocenters. The van der Waals surface area contributed by atoms with Crippen LogP contribution in [-0.4, -0.2) is 37.6 Å². The quantitative estimate of drug-likeness (QED) is 0.844. The van der Waals surface area contributed by atoms with Crippen molar-refractivity contribution in [2.24, 2.45) is 5.92 Å². The van der Waals surface area contributed by atoms with Crippen molar-refractivity contribution in [1.29, 1.82) is 5.26 Å². The number of hydrogen-bond acceptors (Lipinski definition) is 3. The van der Waals surface area contributed by atoms with Gasteiger partial charge in [0.1, 0.15) is 5.92 Å². The highest BCUT2D eigenvalue weighted by Crippen LogP contribution is 2.23. The topological polar surface area (TPSA) is 53.3 Å². The van der Waals surface area contributed by atoms with E-state index >= 15 is 0 Å². The summed E-state index contributed by atoms with van der Waals surface area (Å²) in [5.41, 5.74) is 0.777. The molecular weight excluding hydrogens is 252 g/mol. The lowest BCUT2D eigenvalue weighted by atomic mass is 9.94. The molecule has 1 heterocycles. The molecule has 0 spiro atoms. The normalized spacial score (nSPS) is 17.5. The number of amides is 1. The molecular formula is C16H20N2O2. The maximum Gasteiger partial charge on any atom is 0.244 e. The summed E-state index contributed by atoms with van der Waals surface area (Å²) >= 11 is 0. The van der Waals surface area contributed by atoms with Gasteiger partial charge in [-0.1, -0.05) is 30.3 Å². The fourth-order valence-electron chi connectivity index (χ4n) is 2.66. The van der Waals surface area contributed by atoms with Crippen LogP contribution in [-0.2, 0) is 9.53 Å². The number of piperidine rings is 1. The molecule has 4 heteroatoms. The number of rotatable bonds is 4. The SMILES string of the molecule is COCC1CCN(C(=O)C(C#N)c2ccccc2)CC1. The number of nitriles is 1. The predicted molar refractivity (Wildman–Crippen MR) is 76.0 cm³/mol. The number of nitrogens with zero attached hydrogens (tertiary/aromatic N) is 2. The molecule has 2 rings (SSSR count). The molecule has 1 unspecified atom stereocenters. The van der Waals surface area contributed by atoms with Crippen molar-refractivity contribution in [2.45, 2.75) is 18.8 Å². The van der Waals surface area contributed by atoms with Crippen molar-refractivity contribution in [3.63, 3.8) is 0 Å². The van der Waals surface area contributed by atoms with Crippen molar-refractivity contribution < 1.29 is 9.53 Å². The minimum atomic E-state index is -0.685. The summed E-state index contributed by atoms with van der Waals surface area (Å²) in [7, 11) is 1.71. The van der Waals surface area contributed by atoms with E-state index < -0.39 is 5.92 Å². The van der Waals surface area contributed by atoms with Crippen molar-refractivity contribution in [3.8, 4) is 6.07 Å². The van der Waals surface area contributed by atoms with Crippen LogP contribution in [0.1, 0.15) is 24.3 Å². The summed E-state index contributed by atoms with van der Waals surface area (Å²) in [5.74, 6) is -0.231. The average Bonchev–Trinajstić information content (AvgIpc) is 2.50.